The van der Waals surface area contributed by atoms with Gasteiger partial charge in [-0.2, -0.15) is 0 Å². The van der Waals surface area contributed by atoms with E-state index in [4.69, 9.17) is 0 Å². The van der Waals surface area contributed by atoms with E-state index < -0.39 is 0 Å². The van der Waals surface area contributed by atoms with Crippen molar-refractivity contribution in [3.8, 4) is 0 Å². The van der Waals surface area contributed by atoms with Gasteiger partial charge in [-0.05, 0) is 50.1 Å². The zero-order chi connectivity index (χ0) is 12.4. The molecule has 1 heteroatoms. The third-order valence-electron chi connectivity index (χ3n) is 3.06. The molecule has 0 bridgehead atoms. The highest BCUT2D eigenvalue weighted by atomic mass is 14.8. The summed E-state index contributed by atoms with van der Waals surface area (Å²) in [7, 11) is 0. The lowest BCUT2D eigenvalue weighted by atomic mass is 9.91. The van der Waals surface area contributed by atoms with Crippen LogP contribution in [0.1, 0.15) is 66.7 Å². The van der Waals surface area contributed by atoms with Crippen molar-refractivity contribution in [3.05, 3.63) is 0 Å². The molecule has 0 aliphatic heterocycles. The van der Waals surface area contributed by atoms with Gasteiger partial charge in [-0.3, -0.25) is 0 Å². The summed E-state index contributed by atoms with van der Waals surface area (Å²) in [4.78, 5) is 0. The van der Waals surface area contributed by atoms with Gasteiger partial charge in [-0.25, -0.2) is 0 Å². The molecule has 0 saturated carbocycles. The number of hydrogen-bond acceptors (Lipinski definition) is 1. The van der Waals surface area contributed by atoms with Gasteiger partial charge in [0, 0.05) is 0 Å². The van der Waals surface area contributed by atoms with E-state index in [2.05, 4.69) is 39.9 Å². The van der Waals surface area contributed by atoms with Gasteiger partial charge in [-0.1, -0.05) is 47.5 Å². The molecular formula is C15H33N. The fourth-order valence-corrected chi connectivity index (χ4v) is 2.27. The van der Waals surface area contributed by atoms with Crippen LogP contribution in [-0.4, -0.2) is 13.1 Å². The summed E-state index contributed by atoms with van der Waals surface area (Å²) in [5.74, 6) is 2.60. The molecular weight excluding hydrogens is 194 g/mol. The van der Waals surface area contributed by atoms with Crippen LogP contribution in [0.2, 0.25) is 0 Å². The first kappa shape index (κ1) is 16.0. The quantitative estimate of drug-likeness (QED) is 0.543. The Kier molecular flexibility index (Phi) is 10.1. The van der Waals surface area contributed by atoms with Crippen LogP contribution < -0.4 is 5.32 Å². The topological polar surface area (TPSA) is 12.0 Å². The molecule has 16 heavy (non-hydrogen) atoms. The Balaban J connectivity index is 3.71. The molecule has 0 radical (unpaired) electrons. The van der Waals surface area contributed by atoms with Gasteiger partial charge in [0.2, 0.25) is 0 Å². The molecule has 98 valence electrons. The monoisotopic (exact) mass is 227 g/mol. The van der Waals surface area contributed by atoms with Crippen LogP contribution in [0.4, 0.5) is 0 Å². The summed E-state index contributed by atoms with van der Waals surface area (Å²) < 4.78 is 0. The molecule has 0 spiro atoms. The Morgan fingerprint density at radius 1 is 0.938 bits per heavy atom. The van der Waals surface area contributed by atoms with Crippen molar-refractivity contribution in [3.63, 3.8) is 0 Å². The van der Waals surface area contributed by atoms with Crippen LogP contribution in [0.25, 0.3) is 0 Å². The predicted octanol–water partition coefficient (Wildman–Crippen LogP) is 4.47. The van der Waals surface area contributed by atoms with Crippen molar-refractivity contribution in [2.24, 2.45) is 17.8 Å². The molecule has 0 amide bonds. The lowest BCUT2D eigenvalue weighted by molar-refractivity contribution is 0.348. The lowest BCUT2D eigenvalue weighted by Crippen LogP contribution is -2.24. The van der Waals surface area contributed by atoms with Crippen LogP contribution in [0.3, 0.4) is 0 Å². The van der Waals surface area contributed by atoms with E-state index in [9.17, 15) is 0 Å². The first-order chi connectivity index (χ1) is 7.56. The maximum Gasteiger partial charge on any atom is -0.00204 e. The molecule has 0 heterocycles. The van der Waals surface area contributed by atoms with Crippen molar-refractivity contribution in [1.82, 2.24) is 5.32 Å². The summed E-state index contributed by atoms with van der Waals surface area (Å²) in [6.07, 6.45) is 6.84. The fraction of sp³-hybridized carbons (Fsp3) is 1.00. The summed E-state index contributed by atoms with van der Waals surface area (Å²) in [6.45, 7) is 14.0. The minimum absolute atomic E-state index is 0.840. The molecule has 0 saturated heterocycles. The number of rotatable bonds is 10. The summed E-state index contributed by atoms with van der Waals surface area (Å²) in [5, 5.41) is 3.58. The van der Waals surface area contributed by atoms with Crippen LogP contribution in [0.5, 0.6) is 0 Å². The molecule has 0 aliphatic carbocycles. The van der Waals surface area contributed by atoms with Crippen LogP contribution in [0, 0.1) is 17.8 Å². The maximum atomic E-state index is 3.58. The third-order valence-corrected chi connectivity index (χ3v) is 3.06. The van der Waals surface area contributed by atoms with Crippen molar-refractivity contribution in [1.29, 1.82) is 0 Å². The highest BCUT2D eigenvalue weighted by Gasteiger charge is 2.10. The highest BCUT2D eigenvalue weighted by molar-refractivity contribution is 4.65. The average Bonchev–Trinajstić information content (AvgIpc) is 2.16. The Labute approximate surface area is 103 Å². The van der Waals surface area contributed by atoms with Crippen LogP contribution in [-0.2, 0) is 0 Å². The van der Waals surface area contributed by atoms with E-state index in [0.717, 1.165) is 17.8 Å². The van der Waals surface area contributed by atoms with E-state index >= 15 is 0 Å². The van der Waals surface area contributed by atoms with E-state index in [1.165, 1.54) is 45.2 Å². The zero-order valence-electron chi connectivity index (χ0n) is 12.2. The predicted molar refractivity (Wildman–Crippen MR) is 74.8 cm³/mol. The molecule has 0 aromatic carbocycles. The van der Waals surface area contributed by atoms with Gasteiger partial charge in [0.05, 0.1) is 0 Å². The van der Waals surface area contributed by atoms with E-state index in [1.54, 1.807) is 0 Å². The van der Waals surface area contributed by atoms with E-state index in [-0.39, 0.29) is 0 Å². The molecule has 1 nitrogen and oxygen atoms in total. The van der Waals surface area contributed by atoms with Gasteiger partial charge in [0.1, 0.15) is 0 Å². The van der Waals surface area contributed by atoms with Gasteiger partial charge in [0.15, 0.2) is 0 Å². The lowest BCUT2D eigenvalue weighted by Gasteiger charge is -2.20. The normalized spacial score (nSPS) is 13.7. The van der Waals surface area contributed by atoms with Gasteiger partial charge in [-0.15, -0.1) is 0 Å². The zero-order valence-corrected chi connectivity index (χ0v) is 12.2. The molecule has 0 rings (SSSR count). The fourth-order valence-electron chi connectivity index (χ4n) is 2.27. The summed E-state index contributed by atoms with van der Waals surface area (Å²) in [6, 6.07) is 0. The SMILES string of the molecule is CCCNCC(CCCC(C)C)CC(C)C. The molecule has 1 N–H and O–H groups in total. The second kappa shape index (κ2) is 10.1. The minimum Gasteiger partial charge on any atom is -0.316 e. The van der Waals surface area contributed by atoms with Crippen LogP contribution in [0.15, 0.2) is 0 Å². The largest absolute Gasteiger partial charge is 0.316 e. The van der Waals surface area contributed by atoms with Crippen LogP contribution >= 0.6 is 0 Å². The average molecular weight is 227 g/mol. The Morgan fingerprint density at radius 3 is 2.12 bits per heavy atom. The number of nitrogens with one attached hydrogen (secondary N) is 1. The van der Waals surface area contributed by atoms with E-state index in [1.807, 2.05) is 0 Å². The minimum atomic E-state index is 0.840. The Morgan fingerprint density at radius 2 is 1.62 bits per heavy atom. The number of hydrogen-bond donors (Lipinski definition) is 1. The molecule has 0 aromatic heterocycles. The third kappa shape index (κ3) is 10.5. The summed E-state index contributed by atoms with van der Waals surface area (Å²) in [5.41, 5.74) is 0. The van der Waals surface area contributed by atoms with Crippen molar-refractivity contribution in [2.45, 2.75) is 66.7 Å². The van der Waals surface area contributed by atoms with Crippen molar-refractivity contribution < 1.29 is 0 Å². The Hall–Kier alpha value is -0.0400. The smallest absolute Gasteiger partial charge is 0.00204 e. The molecule has 0 aromatic rings. The molecule has 1 atom stereocenters. The van der Waals surface area contributed by atoms with Gasteiger partial charge >= 0.3 is 0 Å². The summed E-state index contributed by atoms with van der Waals surface area (Å²) >= 11 is 0. The first-order valence-electron chi connectivity index (χ1n) is 7.26. The van der Waals surface area contributed by atoms with Crippen molar-refractivity contribution >= 4 is 0 Å². The first-order valence-corrected chi connectivity index (χ1v) is 7.26. The highest BCUT2D eigenvalue weighted by Crippen LogP contribution is 2.19. The molecule has 1 unspecified atom stereocenters. The maximum absolute atomic E-state index is 3.58. The molecule has 0 aliphatic rings. The standard InChI is InChI=1S/C15H33N/c1-6-10-16-12-15(11-14(4)5)9-7-8-13(2)3/h13-16H,6-12H2,1-5H3. The van der Waals surface area contributed by atoms with E-state index in [0.29, 0.717) is 0 Å². The van der Waals surface area contributed by atoms with Crippen molar-refractivity contribution in [2.75, 3.05) is 13.1 Å². The van der Waals surface area contributed by atoms with Gasteiger partial charge in [0.25, 0.3) is 0 Å². The Bertz CT molecular complexity index is 140. The second-order valence-corrected chi connectivity index (χ2v) is 6.02. The second-order valence-electron chi connectivity index (χ2n) is 6.02. The van der Waals surface area contributed by atoms with Gasteiger partial charge < -0.3 is 5.32 Å². The molecule has 0 fully saturated rings.